The van der Waals surface area contributed by atoms with Gasteiger partial charge in [0.25, 0.3) is 0 Å². The molecule has 3 atom stereocenters. The van der Waals surface area contributed by atoms with Crippen LogP contribution in [0.2, 0.25) is 10.0 Å². The summed E-state index contributed by atoms with van der Waals surface area (Å²) in [7, 11) is 0. The third-order valence-electron chi connectivity index (χ3n) is 7.20. The fourth-order valence-corrected chi connectivity index (χ4v) is 6.62. The molecule has 4 heterocycles. The number of halogens is 2. The van der Waals surface area contributed by atoms with Crippen LogP contribution in [0.15, 0.2) is 34.2 Å². The molecular weight excluding hydrogens is 495 g/mol. The van der Waals surface area contributed by atoms with Crippen molar-refractivity contribution in [3.05, 3.63) is 45.8 Å². The molecule has 2 aliphatic heterocycles. The topological polar surface area (TPSA) is 115 Å². The molecule has 0 bridgehead atoms. The largest absolute Gasteiger partial charge is 0.390 e. The second-order valence-electron chi connectivity index (χ2n) is 9.05. The second-order valence-corrected chi connectivity index (χ2v) is 10.9. The first-order valence-corrected chi connectivity index (χ1v) is 12.9. The van der Waals surface area contributed by atoms with E-state index in [4.69, 9.17) is 44.4 Å². The van der Waals surface area contributed by atoms with Crippen molar-refractivity contribution >= 4 is 46.6 Å². The van der Waals surface area contributed by atoms with Gasteiger partial charge in [-0.1, -0.05) is 41.0 Å². The quantitative estimate of drug-likeness (QED) is 0.475. The van der Waals surface area contributed by atoms with E-state index in [9.17, 15) is 5.11 Å². The Bertz CT molecular complexity index is 1230. The molecule has 5 rings (SSSR count). The Morgan fingerprint density at radius 3 is 2.65 bits per heavy atom. The van der Waals surface area contributed by atoms with Crippen molar-refractivity contribution in [1.82, 2.24) is 14.4 Å². The summed E-state index contributed by atoms with van der Waals surface area (Å²) in [6.07, 6.45) is 2.88. The first-order chi connectivity index (χ1) is 16.3. The molecule has 182 valence electrons. The van der Waals surface area contributed by atoms with Crippen LogP contribution in [-0.2, 0) is 11.3 Å². The van der Waals surface area contributed by atoms with E-state index in [1.54, 1.807) is 12.3 Å². The minimum Gasteiger partial charge on any atom is -0.390 e. The lowest BCUT2D eigenvalue weighted by molar-refractivity contribution is 0.0139. The Labute approximate surface area is 212 Å². The van der Waals surface area contributed by atoms with Gasteiger partial charge in [-0.2, -0.15) is 0 Å². The molecule has 3 aromatic rings. The van der Waals surface area contributed by atoms with Gasteiger partial charge in [-0.15, -0.1) is 0 Å². The molecule has 0 radical (unpaired) electrons. The van der Waals surface area contributed by atoms with Crippen LogP contribution in [-0.4, -0.2) is 50.9 Å². The van der Waals surface area contributed by atoms with Crippen molar-refractivity contribution in [2.24, 2.45) is 16.9 Å². The number of benzene rings is 1. The zero-order valence-corrected chi connectivity index (χ0v) is 21.4. The van der Waals surface area contributed by atoms with Crippen LogP contribution in [0.4, 0.5) is 5.95 Å². The third-order valence-corrected chi connectivity index (χ3v) is 9.37. The number of nitrogens with two attached hydrogens (primary N) is 2. The fourth-order valence-electron chi connectivity index (χ4n) is 5.15. The van der Waals surface area contributed by atoms with Crippen molar-refractivity contribution in [2.45, 2.75) is 61.5 Å². The van der Waals surface area contributed by atoms with Gasteiger partial charge in [-0.05, 0) is 38.8 Å². The van der Waals surface area contributed by atoms with Crippen molar-refractivity contribution in [2.75, 3.05) is 18.0 Å². The molecule has 1 aromatic carbocycles. The maximum absolute atomic E-state index is 10.0. The van der Waals surface area contributed by atoms with Crippen LogP contribution in [0.3, 0.4) is 0 Å². The standard InChI is InChI=1S/C23H28Cl2N6O2S/c1-12-18(34-16-5-3-4-15(24)17(16)25)20-28-10-14(11-32)31(20)22(29-12)30-8-6-23(7-9-30)19(26)13(2)33-21(23)27/h3-5,10,13,19,21,32H,6-9,11,26-27H2,1-2H3/t13?,19?,21-/m1/s1. The number of aromatic nitrogens is 3. The first-order valence-electron chi connectivity index (χ1n) is 11.3. The number of imidazole rings is 1. The molecule has 0 aliphatic carbocycles. The summed E-state index contributed by atoms with van der Waals surface area (Å²) in [5.41, 5.74) is 14.9. The summed E-state index contributed by atoms with van der Waals surface area (Å²) in [5.74, 6) is 0.750. The van der Waals surface area contributed by atoms with Crippen LogP contribution in [0.1, 0.15) is 31.2 Å². The molecule has 0 amide bonds. The summed E-state index contributed by atoms with van der Waals surface area (Å²) in [6.45, 7) is 5.26. The SMILES string of the molecule is Cc1nc(N2CCC3(CC2)C(N)C(C)O[C@H]3N)n2c(CO)cnc2c1Sc1cccc(Cl)c1Cl. The predicted octanol–water partition coefficient (Wildman–Crippen LogP) is 3.61. The molecule has 2 fully saturated rings. The lowest BCUT2D eigenvalue weighted by Gasteiger charge is -2.43. The lowest BCUT2D eigenvalue weighted by atomic mass is 9.71. The molecular formula is C23H28Cl2N6O2S. The van der Waals surface area contributed by atoms with E-state index in [0.29, 0.717) is 15.7 Å². The summed E-state index contributed by atoms with van der Waals surface area (Å²) >= 11 is 14.1. The number of nitrogens with zero attached hydrogens (tertiary/aromatic N) is 4. The molecule has 2 aliphatic rings. The Morgan fingerprint density at radius 1 is 1.26 bits per heavy atom. The van der Waals surface area contributed by atoms with Gasteiger partial charge in [-0.25, -0.2) is 9.97 Å². The van der Waals surface area contributed by atoms with Gasteiger partial charge >= 0.3 is 0 Å². The van der Waals surface area contributed by atoms with E-state index >= 15 is 0 Å². The zero-order chi connectivity index (χ0) is 24.2. The van der Waals surface area contributed by atoms with Gasteiger partial charge in [-0.3, -0.25) is 4.40 Å². The average molecular weight is 523 g/mol. The molecule has 2 unspecified atom stereocenters. The number of piperidine rings is 1. The molecule has 0 saturated carbocycles. The number of aliphatic hydroxyl groups excluding tert-OH is 1. The Balaban J connectivity index is 1.52. The van der Waals surface area contributed by atoms with Crippen molar-refractivity contribution in [3.63, 3.8) is 0 Å². The van der Waals surface area contributed by atoms with E-state index in [1.165, 1.54) is 11.8 Å². The highest BCUT2D eigenvalue weighted by Crippen LogP contribution is 2.45. The maximum atomic E-state index is 10.0. The van der Waals surface area contributed by atoms with Crippen LogP contribution < -0.4 is 16.4 Å². The molecule has 1 spiro atoms. The van der Waals surface area contributed by atoms with Gasteiger partial charge in [0, 0.05) is 29.4 Å². The first kappa shape index (κ1) is 24.1. The molecule has 5 N–H and O–H groups in total. The van der Waals surface area contributed by atoms with Gasteiger partial charge in [0.05, 0.1) is 45.2 Å². The second kappa shape index (κ2) is 9.13. The van der Waals surface area contributed by atoms with Crippen LogP contribution in [0, 0.1) is 12.3 Å². The fraction of sp³-hybridized carbons (Fsp3) is 0.478. The summed E-state index contributed by atoms with van der Waals surface area (Å²) < 4.78 is 7.79. The number of fused-ring (bicyclic) bond motifs is 1. The average Bonchev–Trinajstić information content (AvgIpc) is 3.34. The highest BCUT2D eigenvalue weighted by atomic mass is 35.5. The van der Waals surface area contributed by atoms with Gasteiger partial charge in [0.2, 0.25) is 5.95 Å². The van der Waals surface area contributed by atoms with Gasteiger partial charge in [0.1, 0.15) is 6.23 Å². The Kier molecular flexibility index (Phi) is 6.48. The molecule has 8 nitrogen and oxygen atoms in total. The number of anilines is 1. The highest BCUT2D eigenvalue weighted by Gasteiger charge is 2.53. The van der Waals surface area contributed by atoms with E-state index < -0.39 is 0 Å². The number of rotatable bonds is 4. The summed E-state index contributed by atoms with van der Waals surface area (Å²) in [5, 5.41) is 11.0. The lowest BCUT2D eigenvalue weighted by Crippen LogP contribution is -2.55. The summed E-state index contributed by atoms with van der Waals surface area (Å²) in [6, 6.07) is 5.44. The maximum Gasteiger partial charge on any atom is 0.211 e. The van der Waals surface area contributed by atoms with Crippen LogP contribution in [0.5, 0.6) is 0 Å². The Hall–Kier alpha value is -1.59. The molecule has 11 heteroatoms. The van der Waals surface area contributed by atoms with Gasteiger partial charge in [0.15, 0.2) is 5.65 Å². The summed E-state index contributed by atoms with van der Waals surface area (Å²) in [4.78, 5) is 13.5. The number of ether oxygens (including phenoxy) is 1. The smallest absolute Gasteiger partial charge is 0.211 e. The third kappa shape index (κ3) is 3.78. The molecule has 2 aromatic heterocycles. The number of aryl methyl sites for hydroxylation is 1. The minimum absolute atomic E-state index is 0.0575. The highest BCUT2D eigenvalue weighted by molar-refractivity contribution is 7.99. The van der Waals surface area contributed by atoms with E-state index in [-0.39, 0.29) is 30.4 Å². The molecule has 34 heavy (non-hydrogen) atoms. The number of hydrogen-bond donors (Lipinski definition) is 3. The van der Waals surface area contributed by atoms with Gasteiger partial charge < -0.3 is 26.2 Å². The van der Waals surface area contributed by atoms with Crippen LogP contribution >= 0.6 is 35.0 Å². The van der Waals surface area contributed by atoms with Crippen molar-refractivity contribution in [1.29, 1.82) is 0 Å². The van der Waals surface area contributed by atoms with Crippen LogP contribution in [0.25, 0.3) is 5.65 Å². The van der Waals surface area contributed by atoms with E-state index in [0.717, 1.165) is 53.0 Å². The van der Waals surface area contributed by atoms with E-state index in [1.807, 2.05) is 30.4 Å². The normalized spacial score (nSPS) is 24.4. The molecule has 2 saturated heterocycles. The predicted molar refractivity (Wildman–Crippen MR) is 135 cm³/mol. The zero-order valence-electron chi connectivity index (χ0n) is 19.0. The van der Waals surface area contributed by atoms with E-state index in [2.05, 4.69) is 9.88 Å². The number of hydrogen-bond acceptors (Lipinski definition) is 8. The monoisotopic (exact) mass is 522 g/mol. The minimum atomic E-state index is -0.364. The van der Waals surface area contributed by atoms with Crippen molar-refractivity contribution in [3.8, 4) is 0 Å². The van der Waals surface area contributed by atoms with Crippen molar-refractivity contribution < 1.29 is 9.84 Å². The number of aliphatic hydroxyl groups is 1. The Morgan fingerprint density at radius 2 is 2.00 bits per heavy atom.